The number of hydrogen-bond acceptors (Lipinski definition) is 3. The van der Waals surface area contributed by atoms with Gasteiger partial charge in [0.2, 0.25) is 5.91 Å². The van der Waals surface area contributed by atoms with Crippen molar-refractivity contribution in [2.75, 3.05) is 5.73 Å². The van der Waals surface area contributed by atoms with Gasteiger partial charge >= 0.3 is 0 Å². The molecule has 1 aliphatic rings. The SMILES string of the molecule is CC1CCCC(C)N1C(=O)/C=C/c1ccc(-c2ccc(N)cc2Br)o1. The molecule has 2 N–H and O–H groups in total. The number of halogens is 1. The summed E-state index contributed by atoms with van der Waals surface area (Å²) >= 11 is 3.50. The van der Waals surface area contributed by atoms with Crippen LogP contribution < -0.4 is 5.73 Å². The van der Waals surface area contributed by atoms with Gasteiger partial charge in [-0.15, -0.1) is 0 Å². The summed E-state index contributed by atoms with van der Waals surface area (Å²) in [5, 5.41) is 0. The fourth-order valence-electron chi connectivity index (χ4n) is 3.41. The van der Waals surface area contributed by atoms with Gasteiger partial charge in [0.05, 0.1) is 0 Å². The van der Waals surface area contributed by atoms with Crippen molar-refractivity contribution in [1.82, 2.24) is 4.90 Å². The van der Waals surface area contributed by atoms with Crippen LogP contribution in [0.2, 0.25) is 0 Å². The lowest BCUT2D eigenvalue weighted by atomic mass is 9.97. The van der Waals surface area contributed by atoms with E-state index in [1.165, 1.54) is 6.42 Å². The maximum absolute atomic E-state index is 12.5. The molecular weight excluding hydrogens is 380 g/mol. The third-order valence-corrected chi connectivity index (χ3v) is 5.38. The number of piperidine rings is 1. The number of nitrogens with two attached hydrogens (primary N) is 1. The molecule has 2 aromatic rings. The number of hydrogen-bond donors (Lipinski definition) is 1. The molecule has 1 saturated heterocycles. The first-order valence-electron chi connectivity index (χ1n) is 8.61. The Labute approximate surface area is 156 Å². The predicted molar refractivity (Wildman–Crippen MR) is 105 cm³/mol. The van der Waals surface area contributed by atoms with Crippen LogP contribution in [0.5, 0.6) is 0 Å². The number of nitrogen functional groups attached to an aromatic ring is 1. The van der Waals surface area contributed by atoms with Crippen molar-refractivity contribution in [1.29, 1.82) is 0 Å². The first-order chi connectivity index (χ1) is 12.0. The van der Waals surface area contributed by atoms with Crippen LogP contribution in [0.15, 0.2) is 45.3 Å². The molecule has 2 atom stereocenters. The summed E-state index contributed by atoms with van der Waals surface area (Å²) in [4.78, 5) is 14.5. The number of anilines is 1. The first kappa shape index (κ1) is 17.8. The average Bonchev–Trinajstić information content (AvgIpc) is 3.01. The Morgan fingerprint density at radius 1 is 1.24 bits per heavy atom. The van der Waals surface area contributed by atoms with Gasteiger partial charge in [0.15, 0.2) is 0 Å². The van der Waals surface area contributed by atoms with E-state index in [0.717, 1.165) is 28.6 Å². The van der Waals surface area contributed by atoms with Crippen LogP contribution in [0.1, 0.15) is 38.9 Å². The van der Waals surface area contributed by atoms with Crippen molar-refractivity contribution < 1.29 is 9.21 Å². The molecule has 2 heterocycles. The Morgan fingerprint density at radius 3 is 2.64 bits per heavy atom. The van der Waals surface area contributed by atoms with Gasteiger partial charge in [-0.3, -0.25) is 4.79 Å². The van der Waals surface area contributed by atoms with Gasteiger partial charge in [-0.1, -0.05) is 0 Å². The summed E-state index contributed by atoms with van der Waals surface area (Å²) in [6, 6.07) is 9.93. The molecule has 1 aliphatic heterocycles. The van der Waals surface area contributed by atoms with Gasteiger partial charge in [0.1, 0.15) is 11.5 Å². The highest BCUT2D eigenvalue weighted by Gasteiger charge is 2.27. The monoisotopic (exact) mass is 402 g/mol. The van der Waals surface area contributed by atoms with Crippen molar-refractivity contribution in [2.45, 2.75) is 45.2 Å². The highest BCUT2D eigenvalue weighted by atomic mass is 79.9. The number of nitrogens with zero attached hydrogens (tertiary/aromatic N) is 1. The zero-order valence-electron chi connectivity index (χ0n) is 14.5. The molecule has 5 heteroatoms. The summed E-state index contributed by atoms with van der Waals surface area (Å²) in [7, 11) is 0. The van der Waals surface area contributed by atoms with Gasteiger partial charge < -0.3 is 15.1 Å². The Kier molecular flexibility index (Phi) is 5.33. The molecule has 1 aromatic heterocycles. The van der Waals surface area contributed by atoms with E-state index in [1.54, 1.807) is 12.2 Å². The molecule has 3 rings (SSSR count). The third-order valence-electron chi connectivity index (χ3n) is 4.72. The van der Waals surface area contributed by atoms with Crippen LogP contribution >= 0.6 is 15.9 Å². The van der Waals surface area contributed by atoms with Gasteiger partial charge in [0.25, 0.3) is 0 Å². The van der Waals surface area contributed by atoms with Crippen LogP contribution in [0.4, 0.5) is 5.69 Å². The second kappa shape index (κ2) is 7.48. The van der Waals surface area contributed by atoms with E-state index in [9.17, 15) is 4.79 Å². The second-order valence-corrected chi connectivity index (χ2v) is 7.50. The van der Waals surface area contributed by atoms with Crippen LogP contribution in [0.25, 0.3) is 17.4 Å². The summed E-state index contributed by atoms with van der Waals surface area (Å²) in [6.07, 6.45) is 6.68. The predicted octanol–water partition coefficient (Wildman–Crippen LogP) is 5.09. The number of benzene rings is 1. The second-order valence-electron chi connectivity index (χ2n) is 6.65. The normalized spacial score (nSPS) is 21.0. The minimum absolute atomic E-state index is 0.0475. The molecular formula is C20H23BrN2O2. The summed E-state index contributed by atoms with van der Waals surface area (Å²) in [5.74, 6) is 1.44. The molecule has 1 fully saturated rings. The molecule has 0 spiro atoms. The Morgan fingerprint density at radius 2 is 1.96 bits per heavy atom. The van der Waals surface area contributed by atoms with Crippen molar-refractivity contribution in [3.8, 4) is 11.3 Å². The number of carbonyl (C=O) groups excluding carboxylic acids is 1. The topological polar surface area (TPSA) is 59.5 Å². The quantitative estimate of drug-likeness (QED) is 0.574. The Hall–Kier alpha value is -2.01. The van der Waals surface area contributed by atoms with E-state index >= 15 is 0 Å². The number of carbonyl (C=O) groups is 1. The number of furan rings is 1. The molecule has 0 radical (unpaired) electrons. The highest BCUT2D eigenvalue weighted by molar-refractivity contribution is 9.10. The van der Waals surface area contributed by atoms with Crippen molar-refractivity contribution in [3.05, 3.63) is 46.6 Å². The molecule has 25 heavy (non-hydrogen) atoms. The fourth-order valence-corrected chi connectivity index (χ4v) is 4.01. The molecule has 4 nitrogen and oxygen atoms in total. The van der Waals surface area contributed by atoms with Crippen LogP contribution in [0.3, 0.4) is 0 Å². The maximum atomic E-state index is 12.5. The number of likely N-dealkylation sites (tertiary alicyclic amines) is 1. The summed E-state index contributed by atoms with van der Waals surface area (Å²) < 4.78 is 6.73. The van der Waals surface area contributed by atoms with Gasteiger partial charge in [-0.2, -0.15) is 0 Å². The van der Waals surface area contributed by atoms with E-state index in [2.05, 4.69) is 29.8 Å². The molecule has 2 unspecified atom stereocenters. The first-order valence-corrected chi connectivity index (χ1v) is 9.40. The van der Waals surface area contributed by atoms with E-state index in [0.29, 0.717) is 23.5 Å². The van der Waals surface area contributed by atoms with Crippen LogP contribution in [-0.4, -0.2) is 22.9 Å². The molecule has 1 aromatic carbocycles. The van der Waals surface area contributed by atoms with E-state index in [1.807, 2.05) is 35.2 Å². The van der Waals surface area contributed by atoms with Gasteiger partial charge in [-0.25, -0.2) is 0 Å². The largest absolute Gasteiger partial charge is 0.457 e. The van der Waals surface area contributed by atoms with Crippen molar-refractivity contribution in [3.63, 3.8) is 0 Å². The molecule has 0 saturated carbocycles. The van der Waals surface area contributed by atoms with Crippen molar-refractivity contribution >= 4 is 33.6 Å². The molecule has 0 bridgehead atoms. The summed E-state index contributed by atoms with van der Waals surface area (Å²) in [6.45, 7) is 4.23. The number of rotatable bonds is 3. The van der Waals surface area contributed by atoms with Gasteiger partial charge in [-0.05, 0) is 85.4 Å². The molecule has 0 aliphatic carbocycles. The Balaban J connectivity index is 1.74. The zero-order valence-corrected chi connectivity index (χ0v) is 16.1. The zero-order chi connectivity index (χ0) is 18.0. The van der Waals surface area contributed by atoms with E-state index in [4.69, 9.17) is 10.2 Å². The van der Waals surface area contributed by atoms with E-state index < -0.39 is 0 Å². The third kappa shape index (κ3) is 3.98. The van der Waals surface area contributed by atoms with E-state index in [-0.39, 0.29) is 5.91 Å². The highest BCUT2D eigenvalue weighted by Crippen LogP contribution is 2.31. The molecule has 132 valence electrons. The lowest BCUT2D eigenvalue weighted by Gasteiger charge is -2.38. The fraction of sp³-hybridized carbons (Fsp3) is 0.350. The average molecular weight is 403 g/mol. The van der Waals surface area contributed by atoms with Gasteiger partial charge in [0, 0.05) is 33.9 Å². The van der Waals surface area contributed by atoms with Crippen LogP contribution in [0, 0.1) is 0 Å². The number of amides is 1. The lowest BCUT2D eigenvalue weighted by Crippen LogP contribution is -2.46. The van der Waals surface area contributed by atoms with Crippen molar-refractivity contribution in [2.24, 2.45) is 0 Å². The minimum Gasteiger partial charge on any atom is -0.457 e. The Bertz CT molecular complexity index is 787. The maximum Gasteiger partial charge on any atom is 0.247 e. The molecule has 1 amide bonds. The standard InChI is InChI=1S/C20H23BrN2O2/c1-13-4-3-5-14(2)23(13)20(24)11-8-16-7-10-19(25-16)17-9-6-15(22)12-18(17)21/h6-14H,3-5,22H2,1-2H3/b11-8+. The smallest absolute Gasteiger partial charge is 0.247 e. The summed E-state index contributed by atoms with van der Waals surface area (Å²) in [5.41, 5.74) is 7.39. The van der Waals surface area contributed by atoms with Crippen LogP contribution in [-0.2, 0) is 4.79 Å². The lowest BCUT2D eigenvalue weighted by molar-refractivity contribution is -0.131. The minimum atomic E-state index is 0.0475.